The molecule has 3 aromatic rings. The Kier molecular flexibility index (Phi) is 6.98. The van der Waals surface area contributed by atoms with Crippen LogP contribution in [0.25, 0.3) is 0 Å². The molecule has 0 aromatic heterocycles. The lowest BCUT2D eigenvalue weighted by atomic mass is 9.73. The van der Waals surface area contributed by atoms with Gasteiger partial charge in [-0.25, -0.2) is 4.39 Å². The second kappa shape index (κ2) is 10.3. The van der Waals surface area contributed by atoms with Crippen molar-refractivity contribution in [3.63, 3.8) is 0 Å². The minimum atomic E-state index is -0.522. The number of nitrogens with one attached hydrogen (secondary N) is 1. The lowest BCUT2D eigenvalue weighted by Crippen LogP contribution is -2.43. The molecule has 2 aliphatic rings. The Morgan fingerprint density at radius 3 is 2.54 bits per heavy atom. The van der Waals surface area contributed by atoms with E-state index in [1.807, 2.05) is 17.0 Å². The zero-order valence-corrected chi connectivity index (χ0v) is 21.3. The highest BCUT2D eigenvalue weighted by Crippen LogP contribution is 2.42. The molecule has 1 unspecified atom stereocenters. The number of carbonyl (C=O) groups excluding carboxylic acids is 2. The van der Waals surface area contributed by atoms with Crippen LogP contribution in [0, 0.1) is 11.2 Å². The molecule has 0 saturated carbocycles. The number of amides is 2. The molecule has 192 valence electrons. The van der Waals surface area contributed by atoms with Gasteiger partial charge in [-0.3, -0.25) is 9.59 Å². The summed E-state index contributed by atoms with van der Waals surface area (Å²) in [5.41, 5.74) is 3.54. The number of piperidine rings is 1. The van der Waals surface area contributed by atoms with Gasteiger partial charge < -0.3 is 19.9 Å². The van der Waals surface area contributed by atoms with E-state index in [1.165, 1.54) is 37.6 Å². The molecule has 1 N–H and O–H groups in total. The van der Waals surface area contributed by atoms with Crippen molar-refractivity contribution in [2.75, 3.05) is 44.0 Å². The number of nitrogens with zero attached hydrogens (tertiary/aromatic N) is 2. The quantitative estimate of drug-likeness (QED) is 0.521. The van der Waals surface area contributed by atoms with Crippen LogP contribution in [0.4, 0.5) is 15.8 Å². The molecular weight excluding hydrogens is 469 g/mol. The summed E-state index contributed by atoms with van der Waals surface area (Å²) in [6, 6.07) is 18.9. The minimum Gasteiger partial charge on any atom is -0.496 e. The van der Waals surface area contributed by atoms with E-state index in [0.29, 0.717) is 17.8 Å². The number of ether oxygens (including phenoxy) is 1. The van der Waals surface area contributed by atoms with Crippen LogP contribution in [-0.2, 0) is 6.42 Å². The molecule has 6 nitrogen and oxygen atoms in total. The molecule has 0 radical (unpaired) electrons. The average molecular weight is 502 g/mol. The second-order valence-corrected chi connectivity index (χ2v) is 10.2. The van der Waals surface area contributed by atoms with Gasteiger partial charge in [-0.2, -0.15) is 0 Å². The summed E-state index contributed by atoms with van der Waals surface area (Å²) in [5.74, 6) is -0.781. The highest BCUT2D eigenvalue weighted by Gasteiger charge is 2.38. The molecule has 1 saturated heterocycles. The van der Waals surface area contributed by atoms with Gasteiger partial charge in [0.1, 0.15) is 11.6 Å². The monoisotopic (exact) mass is 501 g/mol. The third-order valence-electron chi connectivity index (χ3n) is 7.61. The number of para-hydroxylation sites is 1. The Bertz CT molecular complexity index is 1310. The van der Waals surface area contributed by atoms with E-state index < -0.39 is 11.7 Å². The smallest absolute Gasteiger partial charge is 0.259 e. The number of fused-ring (bicyclic) bond motifs is 1. The zero-order chi connectivity index (χ0) is 26.0. The maximum Gasteiger partial charge on any atom is 0.259 e. The van der Waals surface area contributed by atoms with Crippen LogP contribution in [0.5, 0.6) is 5.75 Å². The third-order valence-corrected chi connectivity index (χ3v) is 7.61. The summed E-state index contributed by atoms with van der Waals surface area (Å²) < 4.78 is 18.9. The fourth-order valence-corrected chi connectivity index (χ4v) is 5.81. The Hall–Kier alpha value is -3.71. The van der Waals surface area contributed by atoms with Gasteiger partial charge in [0.25, 0.3) is 11.8 Å². The molecule has 0 bridgehead atoms. The van der Waals surface area contributed by atoms with Crippen molar-refractivity contribution >= 4 is 23.2 Å². The van der Waals surface area contributed by atoms with E-state index in [2.05, 4.69) is 29.4 Å². The van der Waals surface area contributed by atoms with Crippen molar-refractivity contribution < 1.29 is 18.7 Å². The molecule has 0 aliphatic carbocycles. The van der Waals surface area contributed by atoms with Gasteiger partial charge >= 0.3 is 0 Å². The van der Waals surface area contributed by atoms with E-state index >= 15 is 0 Å². The predicted octanol–water partition coefficient (Wildman–Crippen LogP) is 5.39. The van der Waals surface area contributed by atoms with E-state index in [4.69, 9.17) is 4.74 Å². The fraction of sp³-hybridized carbons (Fsp3) is 0.333. The Labute approximate surface area is 217 Å². The van der Waals surface area contributed by atoms with Crippen molar-refractivity contribution in [2.45, 2.75) is 25.7 Å². The van der Waals surface area contributed by atoms with Crippen LogP contribution in [0.15, 0.2) is 66.7 Å². The van der Waals surface area contributed by atoms with Crippen LogP contribution in [0.2, 0.25) is 0 Å². The molecule has 1 atom stereocenters. The first kappa shape index (κ1) is 25.0. The number of benzene rings is 3. The van der Waals surface area contributed by atoms with Gasteiger partial charge in [0.05, 0.1) is 12.7 Å². The van der Waals surface area contributed by atoms with Gasteiger partial charge in [-0.05, 0) is 98.8 Å². The molecular formula is C30H32FN3O3. The highest BCUT2D eigenvalue weighted by molar-refractivity contribution is 6.08. The second-order valence-electron chi connectivity index (χ2n) is 10.2. The number of methoxy groups -OCH3 is 1. The number of hydrogen-bond donors (Lipinski definition) is 1. The maximum absolute atomic E-state index is 13.7. The molecule has 37 heavy (non-hydrogen) atoms. The van der Waals surface area contributed by atoms with E-state index in [1.54, 1.807) is 24.3 Å². The molecule has 2 aliphatic heterocycles. The van der Waals surface area contributed by atoms with Crippen LogP contribution < -0.4 is 15.0 Å². The number of likely N-dealkylation sites (tertiary alicyclic amines) is 1. The Balaban J connectivity index is 1.35. The summed E-state index contributed by atoms with van der Waals surface area (Å²) in [5, 5.41) is 2.76. The van der Waals surface area contributed by atoms with Gasteiger partial charge in [0.2, 0.25) is 0 Å². The molecule has 1 spiro atoms. The van der Waals surface area contributed by atoms with E-state index in [0.717, 1.165) is 37.7 Å². The summed E-state index contributed by atoms with van der Waals surface area (Å²) in [7, 11) is 3.62. The highest BCUT2D eigenvalue weighted by atomic mass is 19.1. The number of hydrogen-bond acceptors (Lipinski definition) is 4. The average Bonchev–Trinajstić information content (AvgIpc) is 3.05. The van der Waals surface area contributed by atoms with Crippen molar-refractivity contribution in [3.8, 4) is 5.75 Å². The largest absolute Gasteiger partial charge is 0.496 e. The lowest BCUT2D eigenvalue weighted by molar-refractivity contribution is 0.0943. The molecule has 2 heterocycles. The topological polar surface area (TPSA) is 61.9 Å². The van der Waals surface area contributed by atoms with E-state index in [-0.39, 0.29) is 22.6 Å². The summed E-state index contributed by atoms with van der Waals surface area (Å²) >= 11 is 0. The van der Waals surface area contributed by atoms with Crippen LogP contribution >= 0.6 is 0 Å². The summed E-state index contributed by atoms with van der Waals surface area (Å²) in [4.78, 5) is 30.7. The van der Waals surface area contributed by atoms with Gasteiger partial charge in [0, 0.05) is 30.0 Å². The molecule has 2 amide bonds. The summed E-state index contributed by atoms with van der Waals surface area (Å²) in [6.07, 6.45) is 4.30. The van der Waals surface area contributed by atoms with Gasteiger partial charge in [-0.15, -0.1) is 0 Å². The van der Waals surface area contributed by atoms with Crippen LogP contribution in [0.3, 0.4) is 0 Å². The summed E-state index contributed by atoms with van der Waals surface area (Å²) in [6.45, 7) is 2.84. The lowest BCUT2D eigenvalue weighted by Gasteiger charge is -2.41. The standard InChI is InChI=1S/C30H32FN3O3/c1-33-16-5-14-30(20-33)15-17-34(26-7-4-3-6-22(26)19-30)29(36)21-8-11-24(12-9-21)32-28(35)25-18-23(31)10-13-27(25)37-2/h3-4,6-13,18H,5,14-17,19-20H2,1-2H3,(H,32,35). The molecule has 3 aromatic carbocycles. The normalized spacial score (nSPS) is 19.7. The third kappa shape index (κ3) is 5.23. The fourth-order valence-electron chi connectivity index (χ4n) is 5.81. The minimum absolute atomic E-state index is 0.0571. The number of rotatable bonds is 4. The Morgan fingerprint density at radius 1 is 1.00 bits per heavy atom. The van der Waals surface area contributed by atoms with Crippen molar-refractivity contribution in [1.82, 2.24) is 4.90 Å². The maximum atomic E-state index is 13.7. The van der Waals surface area contributed by atoms with Crippen LogP contribution in [0.1, 0.15) is 45.5 Å². The first-order valence-electron chi connectivity index (χ1n) is 12.7. The van der Waals surface area contributed by atoms with Crippen molar-refractivity contribution in [2.24, 2.45) is 5.41 Å². The molecule has 7 heteroatoms. The molecule has 1 fully saturated rings. The van der Waals surface area contributed by atoms with Crippen LogP contribution in [-0.4, -0.2) is 50.5 Å². The molecule has 5 rings (SSSR count). The van der Waals surface area contributed by atoms with Gasteiger partial charge in [0.15, 0.2) is 0 Å². The van der Waals surface area contributed by atoms with Crippen molar-refractivity contribution in [3.05, 3.63) is 89.2 Å². The zero-order valence-electron chi connectivity index (χ0n) is 21.3. The van der Waals surface area contributed by atoms with E-state index in [9.17, 15) is 14.0 Å². The Morgan fingerprint density at radius 2 is 1.78 bits per heavy atom. The number of carbonyl (C=O) groups is 2. The first-order valence-corrected chi connectivity index (χ1v) is 12.7. The SMILES string of the molecule is COc1ccc(F)cc1C(=O)Nc1ccc(C(=O)N2CCC3(CCCN(C)C3)Cc3ccccc32)cc1. The predicted molar refractivity (Wildman–Crippen MR) is 143 cm³/mol. The van der Waals surface area contributed by atoms with Crippen molar-refractivity contribution in [1.29, 1.82) is 0 Å². The first-order chi connectivity index (χ1) is 17.9. The van der Waals surface area contributed by atoms with Gasteiger partial charge in [-0.1, -0.05) is 18.2 Å². The number of anilines is 2. The number of halogens is 1.